The molecule has 0 N–H and O–H groups in total. The fourth-order valence-electron chi connectivity index (χ4n) is 2.75. The van der Waals surface area contributed by atoms with E-state index in [-0.39, 0.29) is 26.1 Å². The Kier molecular flexibility index (Phi) is 7.32. The van der Waals surface area contributed by atoms with Gasteiger partial charge in [0.2, 0.25) is 6.29 Å². The Balaban J connectivity index is 1.74. The normalized spacial score (nSPS) is 27.4. The molecule has 0 aliphatic carbocycles. The second-order valence-electron chi connectivity index (χ2n) is 5.83. The topological polar surface area (TPSA) is 114 Å². The maximum atomic E-state index is 11.8. The highest BCUT2D eigenvalue weighted by molar-refractivity contribution is 6.29. The van der Waals surface area contributed by atoms with E-state index in [2.05, 4.69) is 6.92 Å². The summed E-state index contributed by atoms with van der Waals surface area (Å²) in [7, 11) is 0. The standard InChI is InChI=1S/C16H22O9/c1-2-3-4-5-6-21-15(19)16(20)25-11-9-23-13-10(8-22-14(11)13)24-12(18)7-17/h7,10-11,13-14H,2-6,8-9H2,1H3/t10-,11-,13?,14?/m0/s1. The monoisotopic (exact) mass is 358 g/mol. The zero-order valence-electron chi connectivity index (χ0n) is 14.0. The zero-order chi connectivity index (χ0) is 18.2. The molecule has 9 nitrogen and oxygen atoms in total. The third-order valence-electron chi connectivity index (χ3n) is 3.98. The van der Waals surface area contributed by atoms with Crippen molar-refractivity contribution in [1.29, 1.82) is 0 Å². The van der Waals surface area contributed by atoms with Gasteiger partial charge in [-0.05, 0) is 6.42 Å². The highest BCUT2D eigenvalue weighted by atomic mass is 16.7. The van der Waals surface area contributed by atoms with Gasteiger partial charge in [-0.15, -0.1) is 0 Å². The van der Waals surface area contributed by atoms with E-state index in [4.69, 9.17) is 23.7 Å². The van der Waals surface area contributed by atoms with Gasteiger partial charge in [0, 0.05) is 0 Å². The highest BCUT2D eigenvalue weighted by Crippen LogP contribution is 2.30. The van der Waals surface area contributed by atoms with Crippen LogP contribution in [0.15, 0.2) is 0 Å². The molecule has 2 unspecified atom stereocenters. The number of rotatable bonds is 8. The van der Waals surface area contributed by atoms with E-state index < -0.39 is 42.3 Å². The van der Waals surface area contributed by atoms with Crippen LogP contribution in [-0.2, 0) is 42.9 Å². The molecule has 0 spiro atoms. The number of aldehydes is 1. The van der Waals surface area contributed by atoms with Crippen molar-refractivity contribution in [2.24, 2.45) is 0 Å². The van der Waals surface area contributed by atoms with Crippen molar-refractivity contribution in [3.8, 4) is 0 Å². The van der Waals surface area contributed by atoms with E-state index in [0.29, 0.717) is 6.42 Å². The number of hydrogen-bond acceptors (Lipinski definition) is 9. The molecule has 25 heavy (non-hydrogen) atoms. The molecule has 2 heterocycles. The Morgan fingerprint density at radius 1 is 0.960 bits per heavy atom. The van der Waals surface area contributed by atoms with Gasteiger partial charge >= 0.3 is 17.9 Å². The van der Waals surface area contributed by atoms with Gasteiger partial charge in [-0.3, -0.25) is 4.79 Å². The Labute approximate surface area is 144 Å². The molecule has 0 amide bonds. The SMILES string of the molecule is CCCCCCOC(=O)C(=O)O[C@H]1COC2C1OC[C@@H]2OC(=O)C=O. The smallest absolute Gasteiger partial charge is 0.417 e. The van der Waals surface area contributed by atoms with Crippen molar-refractivity contribution in [3.05, 3.63) is 0 Å². The third-order valence-corrected chi connectivity index (χ3v) is 3.98. The van der Waals surface area contributed by atoms with Crippen molar-refractivity contribution in [3.63, 3.8) is 0 Å². The van der Waals surface area contributed by atoms with Gasteiger partial charge in [0.05, 0.1) is 19.8 Å². The summed E-state index contributed by atoms with van der Waals surface area (Å²) in [4.78, 5) is 44.8. The first-order valence-corrected chi connectivity index (χ1v) is 8.33. The number of hydrogen-bond donors (Lipinski definition) is 0. The Hall–Kier alpha value is -2.00. The van der Waals surface area contributed by atoms with E-state index in [0.717, 1.165) is 19.3 Å². The Morgan fingerprint density at radius 3 is 2.20 bits per heavy atom. The largest absolute Gasteiger partial charge is 0.457 e. The molecular formula is C16H22O9. The Bertz CT molecular complexity index is 504. The van der Waals surface area contributed by atoms with E-state index in [1.165, 1.54) is 0 Å². The van der Waals surface area contributed by atoms with Crippen molar-refractivity contribution in [2.45, 2.75) is 57.0 Å². The van der Waals surface area contributed by atoms with Gasteiger partial charge in [-0.2, -0.15) is 0 Å². The molecule has 4 atom stereocenters. The maximum Gasteiger partial charge on any atom is 0.417 e. The van der Waals surface area contributed by atoms with Gasteiger partial charge in [0.1, 0.15) is 12.2 Å². The summed E-state index contributed by atoms with van der Waals surface area (Å²) in [5.74, 6) is -3.19. The summed E-state index contributed by atoms with van der Waals surface area (Å²) in [5, 5.41) is 0. The van der Waals surface area contributed by atoms with E-state index in [9.17, 15) is 19.2 Å². The molecule has 2 aliphatic rings. The Morgan fingerprint density at radius 2 is 1.60 bits per heavy atom. The molecule has 9 heteroatoms. The van der Waals surface area contributed by atoms with E-state index in [1.54, 1.807) is 0 Å². The van der Waals surface area contributed by atoms with Crippen molar-refractivity contribution >= 4 is 24.2 Å². The second-order valence-corrected chi connectivity index (χ2v) is 5.83. The molecular weight excluding hydrogens is 336 g/mol. The van der Waals surface area contributed by atoms with Crippen molar-refractivity contribution in [2.75, 3.05) is 19.8 Å². The number of carbonyl (C=O) groups excluding carboxylic acids is 4. The molecule has 0 aromatic carbocycles. The lowest BCUT2D eigenvalue weighted by Crippen LogP contribution is -2.37. The van der Waals surface area contributed by atoms with Crippen LogP contribution in [0.4, 0.5) is 0 Å². The van der Waals surface area contributed by atoms with Crippen LogP contribution in [0.3, 0.4) is 0 Å². The summed E-state index contributed by atoms with van der Waals surface area (Å²) < 4.78 is 25.6. The van der Waals surface area contributed by atoms with Crippen LogP contribution in [0.5, 0.6) is 0 Å². The lowest BCUT2D eigenvalue weighted by atomic mass is 10.1. The number of unbranched alkanes of at least 4 members (excludes halogenated alkanes) is 3. The number of esters is 3. The molecule has 2 fully saturated rings. The number of ether oxygens (including phenoxy) is 5. The molecule has 0 aromatic rings. The molecule has 2 rings (SSSR count). The predicted molar refractivity (Wildman–Crippen MR) is 80.4 cm³/mol. The third kappa shape index (κ3) is 5.23. The average Bonchev–Trinajstić information content (AvgIpc) is 3.18. The van der Waals surface area contributed by atoms with E-state index >= 15 is 0 Å². The fraction of sp³-hybridized carbons (Fsp3) is 0.750. The van der Waals surface area contributed by atoms with Gasteiger partial charge in [0.15, 0.2) is 12.2 Å². The first-order valence-electron chi connectivity index (χ1n) is 8.33. The molecule has 2 aliphatic heterocycles. The summed E-state index contributed by atoms with van der Waals surface area (Å²) in [6, 6.07) is 0. The molecule has 0 aromatic heterocycles. The van der Waals surface area contributed by atoms with Crippen LogP contribution >= 0.6 is 0 Å². The molecule has 0 radical (unpaired) electrons. The lowest BCUT2D eigenvalue weighted by molar-refractivity contribution is -0.173. The van der Waals surface area contributed by atoms with Gasteiger partial charge < -0.3 is 23.7 Å². The first kappa shape index (κ1) is 19.3. The maximum absolute atomic E-state index is 11.8. The number of fused-ring (bicyclic) bond motifs is 1. The van der Waals surface area contributed by atoms with Crippen LogP contribution in [-0.4, -0.2) is 68.4 Å². The van der Waals surface area contributed by atoms with E-state index in [1.807, 2.05) is 0 Å². The van der Waals surface area contributed by atoms with Crippen LogP contribution in [0, 0.1) is 0 Å². The molecule has 0 saturated carbocycles. The molecule has 0 bridgehead atoms. The highest BCUT2D eigenvalue weighted by Gasteiger charge is 2.51. The average molecular weight is 358 g/mol. The minimum absolute atomic E-state index is 0.00000685. The van der Waals surface area contributed by atoms with Crippen LogP contribution in [0.25, 0.3) is 0 Å². The molecule has 140 valence electrons. The lowest BCUT2D eigenvalue weighted by Gasteiger charge is -2.16. The summed E-state index contributed by atoms with van der Waals surface area (Å²) in [5.41, 5.74) is 0. The fourth-order valence-corrected chi connectivity index (χ4v) is 2.75. The summed E-state index contributed by atoms with van der Waals surface area (Å²) >= 11 is 0. The van der Waals surface area contributed by atoms with Gasteiger partial charge in [-0.1, -0.05) is 26.2 Å². The van der Waals surface area contributed by atoms with Gasteiger partial charge in [-0.25, -0.2) is 14.4 Å². The van der Waals surface area contributed by atoms with Crippen LogP contribution < -0.4 is 0 Å². The second kappa shape index (κ2) is 9.47. The van der Waals surface area contributed by atoms with Crippen LogP contribution in [0.1, 0.15) is 32.6 Å². The van der Waals surface area contributed by atoms with Crippen LogP contribution in [0.2, 0.25) is 0 Å². The zero-order valence-corrected chi connectivity index (χ0v) is 14.0. The van der Waals surface area contributed by atoms with Crippen molar-refractivity contribution < 1.29 is 42.9 Å². The minimum Gasteiger partial charge on any atom is -0.457 e. The van der Waals surface area contributed by atoms with Crippen molar-refractivity contribution in [1.82, 2.24) is 0 Å². The van der Waals surface area contributed by atoms with Gasteiger partial charge in [0.25, 0.3) is 0 Å². The molecule has 2 saturated heterocycles. The minimum atomic E-state index is -1.11. The quantitative estimate of drug-likeness (QED) is 0.193. The predicted octanol–water partition coefficient (Wildman–Crippen LogP) is -0.0700. The number of carbonyl (C=O) groups is 4. The summed E-state index contributed by atoms with van der Waals surface area (Å²) in [6.07, 6.45) is 0.904. The summed E-state index contributed by atoms with van der Waals surface area (Å²) in [6.45, 7) is 2.25. The first-order chi connectivity index (χ1) is 12.1.